The molecule has 1 aliphatic rings. The van der Waals surface area contributed by atoms with Crippen molar-refractivity contribution in [1.82, 2.24) is 18.8 Å². The van der Waals surface area contributed by atoms with Gasteiger partial charge < -0.3 is 9.47 Å². The molecule has 7 nitrogen and oxygen atoms in total. The third-order valence-corrected chi connectivity index (χ3v) is 8.35. The first-order valence-corrected chi connectivity index (χ1v) is 12.5. The average Bonchev–Trinajstić information content (AvgIpc) is 3.18. The van der Waals surface area contributed by atoms with Gasteiger partial charge in [0.15, 0.2) is 5.16 Å². The van der Waals surface area contributed by atoms with E-state index >= 15 is 0 Å². The number of aromatic nitrogens is 2. The van der Waals surface area contributed by atoms with Gasteiger partial charge in [0.2, 0.25) is 15.9 Å². The van der Waals surface area contributed by atoms with Gasteiger partial charge in [-0.2, -0.15) is 4.31 Å². The molecule has 3 aromatic rings. The predicted molar refractivity (Wildman–Crippen MR) is 121 cm³/mol. The molecule has 2 aromatic carbocycles. The molecule has 4 rings (SSSR count). The van der Waals surface area contributed by atoms with Crippen molar-refractivity contribution in [3.05, 3.63) is 66.6 Å². The molecule has 0 saturated carbocycles. The van der Waals surface area contributed by atoms with Crippen LogP contribution in [0.15, 0.2) is 70.8 Å². The molecule has 2 heterocycles. The lowest BCUT2D eigenvalue weighted by molar-refractivity contribution is -0.129. The molecule has 0 spiro atoms. The average molecular weight is 475 g/mol. The van der Waals surface area contributed by atoms with E-state index in [9.17, 15) is 17.6 Å². The first kappa shape index (κ1) is 22.5. The lowest BCUT2D eigenvalue weighted by Crippen LogP contribution is -2.51. The second-order valence-electron chi connectivity index (χ2n) is 7.36. The van der Waals surface area contributed by atoms with Crippen LogP contribution in [0.3, 0.4) is 0 Å². The van der Waals surface area contributed by atoms with Crippen LogP contribution in [-0.4, -0.2) is 65.0 Å². The van der Waals surface area contributed by atoms with E-state index in [4.69, 9.17) is 0 Å². The van der Waals surface area contributed by atoms with Crippen molar-refractivity contribution in [2.24, 2.45) is 7.05 Å². The van der Waals surface area contributed by atoms with E-state index in [1.165, 1.54) is 34.3 Å². The molecule has 1 aromatic heterocycles. The topological polar surface area (TPSA) is 75.5 Å². The molecule has 1 fully saturated rings. The van der Waals surface area contributed by atoms with Gasteiger partial charge in [-0.05, 0) is 17.7 Å². The number of piperazine rings is 1. The molecule has 1 aliphatic heterocycles. The monoisotopic (exact) mass is 474 g/mol. The van der Waals surface area contributed by atoms with Crippen LogP contribution in [0.5, 0.6) is 0 Å². The molecule has 0 radical (unpaired) electrons. The van der Waals surface area contributed by atoms with Crippen LogP contribution in [0.2, 0.25) is 0 Å². The van der Waals surface area contributed by atoms with Crippen molar-refractivity contribution in [1.29, 1.82) is 0 Å². The van der Waals surface area contributed by atoms with Gasteiger partial charge in [0.1, 0.15) is 10.7 Å². The van der Waals surface area contributed by atoms with Gasteiger partial charge in [0.25, 0.3) is 0 Å². The van der Waals surface area contributed by atoms with E-state index in [-0.39, 0.29) is 42.7 Å². The summed E-state index contributed by atoms with van der Waals surface area (Å²) in [5.74, 6) is -0.645. The number of amides is 1. The summed E-state index contributed by atoms with van der Waals surface area (Å²) in [6, 6.07) is 15.2. The van der Waals surface area contributed by atoms with Crippen LogP contribution in [0, 0.1) is 5.82 Å². The Morgan fingerprint density at radius 1 is 1.03 bits per heavy atom. The summed E-state index contributed by atoms with van der Waals surface area (Å²) >= 11 is 1.35. The SMILES string of the molecule is Cn1c(-c2ccccc2)cnc1SCC(=O)N1CCN(S(=O)(=O)c2ccccc2F)CC1. The number of rotatable bonds is 6. The number of imidazole rings is 1. The van der Waals surface area contributed by atoms with Gasteiger partial charge >= 0.3 is 0 Å². The van der Waals surface area contributed by atoms with E-state index in [1.807, 2.05) is 41.9 Å². The zero-order valence-electron chi connectivity index (χ0n) is 17.5. The number of hydrogen-bond acceptors (Lipinski definition) is 5. The smallest absolute Gasteiger partial charge is 0.246 e. The number of halogens is 1. The molecule has 0 atom stereocenters. The predicted octanol–water partition coefficient (Wildman–Crippen LogP) is 2.85. The fraction of sp³-hybridized carbons (Fsp3) is 0.273. The zero-order chi connectivity index (χ0) is 22.7. The Morgan fingerprint density at radius 2 is 1.69 bits per heavy atom. The minimum Gasteiger partial charge on any atom is -0.339 e. The van der Waals surface area contributed by atoms with Gasteiger partial charge in [-0.15, -0.1) is 0 Å². The normalized spacial score (nSPS) is 15.1. The number of nitrogens with zero attached hydrogens (tertiary/aromatic N) is 4. The van der Waals surface area contributed by atoms with Crippen molar-refractivity contribution < 1.29 is 17.6 Å². The second-order valence-corrected chi connectivity index (χ2v) is 10.2. The van der Waals surface area contributed by atoms with Crippen molar-refractivity contribution in [2.75, 3.05) is 31.9 Å². The molecular weight excluding hydrogens is 451 g/mol. The fourth-order valence-corrected chi connectivity index (χ4v) is 5.93. The number of carbonyl (C=O) groups excluding carboxylic acids is 1. The zero-order valence-corrected chi connectivity index (χ0v) is 19.2. The minimum absolute atomic E-state index is 0.0813. The Morgan fingerprint density at radius 3 is 2.38 bits per heavy atom. The number of hydrogen-bond donors (Lipinski definition) is 0. The lowest BCUT2D eigenvalue weighted by Gasteiger charge is -2.34. The molecular formula is C22H23FN4O3S2. The standard InChI is InChI=1S/C22H23FN4O3S2/c1-25-19(17-7-3-2-4-8-17)15-24-22(25)31-16-21(28)26-11-13-27(14-12-26)32(29,30)20-10-6-5-9-18(20)23/h2-10,15H,11-14,16H2,1H3. The number of thioether (sulfide) groups is 1. The number of benzene rings is 2. The Balaban J connectivity index is 1.34. The van der Waals surface area contributed by atoms with Gasteiger partial charge in [-0.3, -0.25) is 4.79 Å². The molecule has 10 heteroatoms. The maximum atomic E-state index is 14.0. The van der Waals surface area contributed by atoms with E-state index in [2.05, 4.69) is 4.98 Å². The molecule has 32 heavy (non-hydrogen) atoms. The van der Waals surface area contributed by atoms with Crippen molar-refractivity contribution >= 4 is 27.7 Å². The summed E-state index contributed by atoms with van der Waals surface area (Å²) in [4.78, 5) is 18.4. The van der Waals surface area contributed by atoms with Crippen molar-refractivity contribution in [3.63, 3.8) is 0 Å². The Bertz CT molecular complexity index is 1210. The highest BCUT2D eigenvalue weighted by Crippen LogP contribution is 2.25. The van der Waals surface area contributed by atoms with E-state index < -0.39 is 15.8 Å². The summed E-state index contributed by atoms with van der Waals surface area (Å²) in [6.45, 7) is 0.799. The first-order valence-electron chi connectivity index (χ1n) is 10.1. The third kappa shape index (κ3) is 4.57. The highest BCUT2D eigenvalue weighted by atomic mass is 32.2. The second kappa shape index (κ2) is 9.43. The Kier molecular flexibility index (Phi) is 6.63. The summed E-state index contributed by atoms with van der Waals surface area (Å²) in [5.41, 5.74) is 2.01. The summed E-state index contributed by atoms with van der Waals surface area (Å²) in [5, 5.41) is 0.734. The van der Waals surface area contributed by atoms with Crippen LogP contribution in [-0.2, 0) is 21.9 Å². The summed E-state index contributed by atoms with van der Waals surface area (Å²) < 4.78 is 42.6. The van der Waals surface area contributed by atoms with E-state index in [1.54, 1.807) is 11.1 Å². The first-order chi connectivity index (χ1) is 15.4. The fourth-order valence-electron chi connectivity index (χ4n) is 3.59. The molecule has 0 N–H and O–H groups in total. The van der Waals surface area contributed by atoms with Gasteiger partial charge in [-0.25, -0.2) is 17.8 Å². The number of sulfonamides is 1. The third-order valence-electron chi connectivity index (χ3n) is 5.39. The maximum Gasteiger partial charge on any atom is 0.246 e. The minimum atomic E-state index is -3.92. The lowest BCUT2D eigenvalue weighted by atomic mass is 10.2. The van der Waals surface area contributed by atoms with Crippen LogP contribution in [0.1, 0.15) is 0 Å². The van der Waals surface area contributed by atoms with Crippen molar-refractivity contribution in [2.45, 2.75) is 10.1 Å². The van der Waals surface area contributed by atoms with E-state index in [0.717, 1.165) is 22.5 Å². The Hall–Kier alpha value is -2.69. The quantitative estimate of drug-likeness (QED) is 0.514. The highest BCUT2D eigenvalue weighted by molar-refractivity contribution is 7.99. The Labute approximate surface area is 190 Å². The van der Waals surface area contributed by atoms with Crippen LogP contribution in [0.25, 0.3) is 11.3 Å². The van der Waals surface area contributed by atoms with Gasteiger partial charge in [0, 0.05) is 33.2 Å². The maximum absolute atomic E-state index is 14.0. The molecule has 0 aliphatic carbocycles. The molecule has 168 valence electrons. The van der Waals surface area contributed by atoms with Gasteiger partial charge in [0.05, 0.1) is 17.6 Å². The molecule has 1 saturated heterocycles. The van der Waals surface area contributed by atoms with Crippen molar-refractivity contribution in [3.8, 4) is 11.3 Å². The summed E-state index contributed by atoms with van der Waals surface area (Å²) in [7, 11) is -2.01. The van der Waals surface area contributed by atoms with Crippen LogP contribution < -0.4 is 0 Å². The summed E-state index contributed by atoms with van der Waals surface area (Å²) in [6.07, 6.45) is 1.79. The van der Waals surface area contributed by atoms with Crippen LogP contribution >= 0.6 is 11.8 Å². The van der Waals surface area contributed by atoms with E-state index in [0.29, 0.717) is 0 Å². The molecule has 0 unspecified atom stereocenters. The molecule has 0 bridgehead atoms. The number of carbonyl (C=O) groups is 1. The largest absolute Gasteiger partial charge is 0.339 e. The van der Waals surface area contributed by atoms with Gasteiger partial charge in [-0.1, -0.05) is 54.2 Å². The highest BCUT2D eigenvalue weighted by Gasteiger charge is 2.31. The van der Waals surface area contributed by atoms with Crippen LogP contribution in [0.4, 0.5) is 4.39 Å². The molecule has 1 amide bonds.